The molecule has 2 heterocycles. The first-order valence-electron chi connectivity index (χ1n) is 13.5. The molecule has 0 unspecified atom stereocenters. The topological polar surface area (TPSA) is 107 Å². The average Bonchev–Trinajstić information content (AvgIpc) is 3.01. The van der Waals surface area contributed by atoms with Gasteiger partial charge in [-0.2, -0.15) is 0 Å². The van der Waals surface area contributed by atoms with Crippen molar-refractivity contribution in [2.45, 2.75) is 12.8 Å². The van der Waals surface area contributed by atoms with E-state index in [2.05, 4.69) is 31.3 Å². The molecule has 202 valence electrons. The van der Waals surface area contributed by atoms with Crippen molar-refractivity contribution in [2.75, 3.05) is 36.8 Å². The molecule has 0 saturated carbocycles. The van der Waals surface area contributed by atoms with E-state index in [0.29, 0.717) is 11.4 Å². The zero-order chi connectivity index (χ0) is 27.6. The number of nitrogens with one attached hydrogen (secondary N) is 4. The number of aliphatic imine (C=N–C) groups is 2. The number of rotatable bonds is 8. The van der Waals surface area contributed by atoms with Gasteiger partial charge in [-0.3, -0.25) is 19.6 Å². The van der Waals surface area contributed by atoms with Crippen LogP contribution in [-0.4, -0.2) is 49.7 Å². The summed E-state index contributed by atoms with van der Waals surface area (Å²) >= 11 is 0. The number of anilines is 2. The van der Waals surface area contributed by atoms with Gasteiger partial charge in [-0.15, -0.1) is 0 Å². The van der Waals surface area contributed by atoms with E-state index >= 15 is 0 Å². The third-order valence-electron chi connectivity index (χ3n) is 6.39. The Kier molecular flexibility index (Phi) is 8.78. The van der Waals surface area contributed by atoms with Crippen LogP contribution in [0.15, 0.2) is 94.9 Å². The largest absolute Gasteiger partial charge is 0.370 e. The first-order chi connectivity index (χ1) is 19.6. The minimum absolute atomic E-state index is 0.216. The normalized spacial score (nSPS) is 15.1. The van der Waals surface area contributed by atoms with Gasteiger partial charge < -0.3 is 21.3 Å². The van der Waals surface area contributed by atoms with Crippen LogP contribution in [0.25, 0.3) is 12.2 Å². The summed E-state index contributed by atoms with van der Waals surface area (Å²) in [6, 6.07) is 22.9. The van der Waals surface area contributed by atoms with Crippen LogP contribution in [0, 0.1) is 0 Å². The molecule has 0 saturated heterocycles. The van der Waals surface area contributed by atoms with Gasteiger partial charge in [0.2, 0.25) is 11.8 Å². The lowest BCUT2D eigenvalue weighted by Crippen LogP contribution is -2.30. The highest BCUT2D eigenvalue weighted by Crippen LogP contribution is 2.15. The molecule has 2 amide bonds. The van der Waals surface area contributed by atoms with Crippen molar-refractivity contribution < 1.29 is 9.59 Å². The number of hydrogen-bond acceptors (Lipinski definition) is 6. The molecule has 3 aromatic carbocycles. The minimum Gasteiger partial charge on any atom is -0.370 e. The molecular formula is C32H32N6O2. The molecule has 5 rings (SSSR count). The second-order valence-electron chi connectivity index (χ2n) is 9.49. The van der Waals surface area contributed by atoms with Crippen LogP contribution in [0.2, 0.25) is 0 Å². The molecule has 2 aliphatic heterocycles. The van der Waals surface area contributed by atoms with Crippen molar-refractivity contribution in [3.05, 3.63) is 107 Å². The van der Waals surface area contributed by atoms with E-state index in [1.807, 2.05) is 72.8 Å². The van der Waals surface area contributed by atoms with Gasteiger partial charge in [-0.1, -0.05) is 48.5 Å². The van der Waals surface area contributed by atoms with Crippen molar-refractivity contribution in [3.8, 4) is 0 Å². The monoisotopic (exact) mass is 532 g/mol. The van der Waals surface area contributed by atoms with E-state index in [-0.39, 0.29) is 11.8 Å². The fraction of sp³-hybridized carbons (Fsp3) is 0.188. The van der Waals surface area contributed by atoms with Crippen LogP contribution >= 0.6 is 0 Å². The minimum atomic E-state index is -0.216. The van der Waals surface area contributed by atoms with Gasteiger partial charge in [0.15, 0.2) is 0 Å². The summed E-state index contributed by atoms with van der Waals surface area (Å²) in [5, 5.41) is 12.4. The maximum atomic E-state index is 12.5. The second kappa shape index (κ2) is 13.2. The number of carbonyl (C=O) groups excluding carboxylic acids is 2. The summed E-state index contributed by atoms with van der Waals surface area (Å²) in [5.74, 6) is 1.29. The number of hydrogen-bond donors (Lipinski definition) is 4. The van der Waals surface area contributed by atoms with Gasteiger partial charge in [-0.05, 0) is 60.4 Å². The zero-order valence-corrected chi connectivity index (χ0v) is 22.2. The first kappa shape index (κ1) is 26.6. The number of amidine groups is 2. The van der Waals surface area contributed by atoms with E-state index in [1.54, 1.807) is 12.2 Å². The third-order valence-corrected chi connectivity index (χ3v) is 6.39. The highest BCUT2D eigenvalue weighted by Gasteiger charge is 2.09. The highest BCUT2D eigenvalue weighted by atomic mass is 16.2. The molecule has 4 N–H and O–H groups in total. The summed E-state index contributed by atoms with van der Waals surface area (Å²) in [6.45, 7) is 3.44. The van der Waals surface area contributed by atoms with Crippen LogP contribution < -0.4 is 21.3 Å². The summed E-state index contributed by atoms with van der Waals surface area (Å²) in [4.78, 5) is 34.0. The molecule has 3 aromatic rings. The maximum Gasteiger partial charge on any atom is 0.248 e. The van der Waals surface area contributed by atoms with Crippen LogP contribution in [0.1, 0.15) is 35.1 Å². The summed E-state index contributed by atoms with van der Waals surface area (Å²) in [6.07, 6.45) is 8.58. The number of nitrogens with zero attached hydrogens (tertiary/aromatic N) is 2. The lowest BCUT2D eigenvalue weighted by Gasteiger charge is -2.15. The molecule has 2 aliphatic rings. The van der Waals surface area contributed by atoms with E-state index < -0.39 is 0 Å². The molecule has 0 atom stereocenters. The molecule has 0 radical (unpaired) electrons. The Hall–Kier alpha value is -4.98. The van der Waals surface area contributed by atoms with Crippen molar-refractivity contribution in [1.82, 2.24) is 10.6 Å². The molecule has 0 aliphatic carbocycles. The molecule has 8 heteroatoms. The maximum absolute atomic E-state index is 12.5. The highest BCUT2D eigenvalue weighted by molar-refractivity contribution is 6.05. The molecule has 0 fully saturated rings. The molecule has 40 heavy (non-hydrogen) atoms. The molecule has 0 spiro atoms. The van der Waals surface area contributed by atoms with Gasteiger partial charge >= 0.3 is 0 Å². The van der Waals surface area contributed by atoms with Crippen molar-refractivity contribution >= 4 is 47.0 Å². The van der Waals surface area contributed by atoms with Gasteiger partial charge in [-0.25, -0.2) is 0 Å². The molecule has 0 aromatic heterocycles. The Morgan fingerprint density at radius 2 is 1.10 bits per heavy atom. The quantitative estimate of drug-likeness (QED) is 0.321. The fourth-order valence-electron chi connectivity index (χ4n) is 4.37. The second-order valence-corrected chi connectivity index (χ2v) is 9.49. The molecule has 8 nitrogen and oxygen atoms in total. The Bertz CT molecular complexity index is 1370. The standard InChI is InChI=1S/C32H32N6O2/c39-29(37-27-7-1-5-25(21-27)31-33-17-3-18-34-31)15-13-23-9-11-24(12-10-23)14-16-30(40)38-28-8-2-6-26(22-28)32-35-19-4-20-36-32/h1-2,5-16,21-22H,3-4,17-20H2,(H,33,34)(H,35,36)(H,37,39)(H,38,40)/b15-13-,16-14+. The van der Waals surface area contributed by atoms with Crippen LogP contribution in [0.3, 0.4) is 0 Å². The zero-order valence-electron chi connectivity index (χ0n) is 22.2. The first-order valence-corrected chi connectivity index (χ1v) is 13.5. The predicted octanol–water partition coefficient (Wildman–Crippen LogP) is 4.47. The fourth-order valence-corrected chi connectivity index (χ4v) is 4.37. The lowest BCUT2D eigenvalue weighted by molar-refractivity contribution is -0.112. The Balaban J connectivity index is 1.13. The summed E-state index contributed by atoms with van der Waals surface area (Å²) in [7, 11) is 0. The number of benzene rings is 3. The average molecular weight is 533 g/mol. The number of amides is 2. The van der Waals surface area contributed by atoms with Crippen molar-refractivity contribution in [3.63, 3.8) is 0 Å². The van der Waals surface area contributed by atoms with E-state index in [1.165, 1.54) is 12.2 Å². The van der Waals surface area contributed by atoms with Crippen molar-refractivity contribution in [1.29, 1.82) is 0 Å². The predicted molar refractivity (Wildman–Crippen MR) is 163 cm³/mol. The Labute approximate surface area is 234 Å². The van der Waals surface area contributed by atoms with Gasteiger partial charge in [0, 0.05) is 60.8 Å². The third kappa shape index (κ3) is 7.54. The van der Waals surface area contributed by atoms with Gasteiger partial charge in [0.1, 0.15) is 11.7 Å². The van der Waals surface area contributed by atoms with Crippen LogP contribution in [-0.2, 0) is 9.59 Å². The Morgan fingerprint density at radius 3 is 1.50 bits per heavy atom. The number of carbonyl (C=O) groups is 2. The smallest absolute Gasteiger partial charge is 0.248 e. The van der Waals surface area contributed by atoms with Gasteiger partial charge in [0.25, 0.3) is 0 Å². The SMILES string of the molecule is O=C(/C=C\c1ccc(/C=C/C(=O)Nc2cccc(C3=NCCCN3)c2)cc1)Nc1cccc(C2=NCCCN2)c1. The van der Waals surface area contributed by atoms with Crippen LogP contribution in [0.4, 0.5) is 11.4 Å². The molecule has 0 bridgehead atoms. The van der Waals surface area contributed by atoms with Crippen LogP contribution in [0.5, 0.6) is 0 Å². The molecular weight excluding hydrogens is 500 g/mol. The lowest BCUT2D eigenvalue weighted by atomic mass is 10.1. The van der Waals surface area contributed by atoms with E-state index in [0.717, 1.165) is 72.9 Å². The van der Waals surface area contributed by atoms with Crippen molar-refractivity contribution in [2.24, 2.45) is 9.98 Å². The summed E-state index contributed by atoms with van der Waals surface area (Å²) < 4.78 is 0. The van der Waals surface area contributed by atoms with Gasteiger partial charge in [0.05, 0.1) is 0 Å². The Morgan fingerprint density at radius 1 is 0.650 bits per heavy atom. The van der Waals surface area contributed by atoms with E-state index in [9.17, 15) is 9.59 Å². The summed E-state index contributed by atoms with van der Waals surface area (Å²) in [5.41, 5.74) is 5.10. The van der Waals surface area contributed by atoms with E-state index in [4.69, 9.17) is 0 Å².